The molecule has 0 saturated carbocycles. The minimum Gasteiger partial charge on any atom is -0.347 e. The quantitative estimate of drug-likeness (QED) is 0.862. The Morgan fingerprint density at radius 2 is 2.21 bits per heavy atom. The lowest BCUT2D eigenvalue weighted by atomic mass is 10.2. The molecule has 104 valence electrons. The Kier molecular flexibility index (Phi) is 3.87. The molecule has 6 nitrogen and oxygen atoms in total. The molecule has 0 bridgehead atoms. The van der Waals surface area contributed by atoms with Gasteiger partial charge in [0.05, 0.1) is 24.5 Å². The fourth-order valence-corrected chi connectivity index (χ4v) is 2.39. The van der Waals surface area contributed by atoms with Crippen LogP contribution in [0.5, 0.6) is 0 Å². The molecule has 1 aromatic heterocycles. The van der Waals surface area contributed by atoms with Gasteiger partial charge in [-0.2, -0.15) is 5.10 Å². The van der Waals surface area contributed by atoms with Gasteiger partial charge in [-0.25, -0.2) is 0 Å². The molecule has 1 aliphatic rings. The predicted octanol–water partition coefficient (Wildman–Crippen LogP) is 0.448. The Morgan fingerprint density at radius 3 is 2.89 bits per heavy atom. The van der Waals surface area contributed by atoms with E-state index in [-0.39, 0.29) is 24.4 Å². The molecule has 0 aromatic carbocycles. The van der Waals surface area contributed by atoms with Crippen LogP contribution in [0, 0.1) is 6.92 Å². The lowest BCUT2D eigenvalue weighted by molar-refractivity contribution is -0.132. The van der Waals surface area contributed by atoms with Crippen LogP contribution in [-0.2, 0) is 22.7 Å². The maximum Gasteiger partial charge on any atom is 0.242 e. The molecule has 2 amide bonds. The van der Waals surface area contributed by atoms with Crippen molar-refractivity contribution in [3.63, 3.8) is 0 Å². The van der Waals surface area contributed by atoms with Crippen molar-refractivity contribution >= 4 is 11.8 Å². The van der Waals surface area contributed by atoms with E-state index in [0.717, 1.165) is 17.9 Å². The van der Waals surface area contributed by atoms with E-state index in [4.69, 9.17) is 0 Å². The van der Waals surface area contributed by atoms with Gasteiger partial charge in [0, 0.05) is 19.0 Å². The first-order valence-corrected chi connectivity index (χ1v) is 6.60. The van der Waals surface area contributed by atoms with Crippen molar-refractivity contribution in [2.24, 2.45) is 0 Å². The first-order valence-electron chi connectivity index (χ1n) is 6.60. The van der Waals surface area contributed by atoms with E-state index in [1.165, 1.54) is 0 Å². The first-order chi connectivity index (χ1) is 9.01. The van der Waals surface area contributed by atoms with Crippen LogP contribution in [0.15, 0.2) is 6.07 Å². The van der Waals surface area contributed by atoms with Crippen LogP contribution in [-0.4, -0.2) is 39.1 Å². The van der Waals surface area contributed by atoms with Gasteiger partial charge in [0.25, 0.3) is 0 Å². The van der Waals surface area contributed by atoms with Crippen molar-refractivity contribution in [2.75, 3.05) is 6.54 Å². The molecule has 1 atom stereocenters. The van der Waals surface area contributed by atoms with Crippen molar-refractivity contribution < 1.29 is 9.59 Å². The van der Waals surface area contributed by atoms with Crippen LogP contribution in [0.25, 0.3) is 0 Å². The normalized spacial score (nSPS) is 20.4. The molecule has 2 heterocycles. The van der Waals surface area contributed by atoms with Crippen molar-refractivity contribution in [1.29, 1.82) is 0 Å². The van der Waals surface area contributed by atoms with E-state index < -0.39 is 0 Å². The van der Waals surface area contributed by atoms with Crippen LogP contribution in [0.3, 0.4) is 0 Å². The lowest BCUT2D eigenvalue weighted by Crippen LogP contribution is -2.39. The summed E-state index contributed by atoms with van der Waals surface area (Å²) in [4.78, 5) is 25.3. The summed E-state index contributed by atoms with van der Waals surface area (Å²) in [5, 5.41) is 7.00. The summed E-state index contributed by atoms with van der Waals surface area (Å²) in [6.07, 6.45) is 0.352. The first kappa shape index (κ1) is 13.6. The largest absolute Gasteiger partial charge is 0.347 e. The minimum atomic E-state index is -0.0875. The SMILES string of the molecule is CCn1nc(C)cc1CN1C(=O)CNC(=O)CC1C. The average Bonchev–Trinajstić information content (AvgIpc) is 2.67. The minimum absolute atomic E-state index is 0.0418. The van der Waals surface area contributed by atoms with E-state index in [0.29, 0.717) is 13.0 Å². The zero-order valence-electron chi connectivity index (χ0n) is 11.6. The van der Waals surface area contributed by atoms with Gasteiger partial charge >= 0.3 is 0 Å². The second-order valence-corrected chi connectivity index (χ2v) is 4.94. The highest BCUT2D eigenvalue weighted by atomic mass is 16.2. The van der Waals surface area contributed by atoms with Gasteiger partial charge in [-0.1, -0.05) is 0 Å². The molecule has 0 radical (unpaired) electrons. The van der Waals surface area contributed by atoms with Crippen LogP contribution < -0.4 is 5.32 Å². The summed E-state index contributed by atoms with van der Waals surface area (Å²) in [5.41, 5.74) is 1.95. The number of hydrogen-bond donors (Lipinski definition) is 1. The van der Waals surface area contributed by atoms with Crippen molar-refractivity contribution in [2.45, 2.75) is 46.3 Å². The second kappa shape index (κ2) is 5.42. The molecule has 1 saturated heterocycles. The zero-order chi connectivity index (χ0) is 14.0. The Morgan fingerprint density at radius 1 is 1.47 bits per heavy atom. The summed E-state index contributed by atoms with van der Waals surface area (Å²) < 4.78 is 1.90. The van der Waals surface area contributed by atoms with Crippen LogP contribution >= 0.6 is 0 Å². The third-order valence-electron chi connectivity index (χ3n) is 3.39. The van der Waals surface area contributed by atoms with E-state index in [1.54, 1.807) is 4.90 Å². The van der Waals surface area contributed by atoms with Crippen molar-refractivity contribution in [3.8, 4) is 0 Å². The van der Waals surface area contributed by atoms with E-state index >= 15 is 0 Å². The highest BCUT2D eigenvalue weighted by molar-refractivity contribution is 5.87. The number of aromatic nitrogens is 2. The number of hydrogen-bond acceptors (Lipinski definition) is 3. The molecule has 19 heavy (non-hydrogen) atoms. The summed E-state index contributed by atoms with van der Waals surface area (Å²) in [5.74, 6) is -0.108. The van der Waals surface area contributed by atoms with Gasteiger partial charge < -0.3 is 10.2 Å². The fourth-order valence-electron chi connectivity index (χ4n) is 2.39. The standard InChI is InChI=1S/C13H20N4O2/c1-4-17-11(5-9(2)15-17)8-16-10(3)6-12(18)14-7-13(16)19/h5,10H,4,6-8H2,1-3H3,(H,14,18). The number of carbonyl (C=O) groups is 2. The van der Waals surface area contributed by atoms with E-state index in [9.17, 15) is 9.59 Å². The third-order valence-corrected chi connectivity index (χ3v) is 3.39. The summed E-state index contributed by atoms with van der Waals surface area (Å²) in [7, 11) is 0. The molecule has 1 aliphatic heterocycles. The number of rotatable bonds is 3. The molecule has 1 N–H and O–H groups in total. The molecule has 2 rings (SSSR count). The van der Waals surface area contributed by atoms with Gasteiger partial charge in [0.2, 0.25) is 11.8 Å². The average molecular weight is 264 g/mol. The maximum absolute atomic E-state index is 12.1. The van der Waals surface area contributed by atoms with E-state index in [2.05, 4.69) is 10.4 Å². The Hall–Kier alpha value is -1.85. The van der Waals surface area contributed by atoms with Gasteiger partial charge in [0.1, 0.15) is 0 Å². The number of nitrogens with zero attached hydrogens (tertiary/aromatic N) is 3. The third kappa shape index (κ3) is 2.94. The van der Waals surface area contributed by atoms with Gasteiger partial charge in [-0.3, -0.25) is 14.3 Å². The zero-order valence-corrected chi connectivity index (χ0v) is 11.6. The summed E-state index contributed by atoms with van der Waals surface area (Å²) in [6, 6.07) is 1.90. The Bertz CT molecular complexity index is 495. The van der Waals surface area contributed by atoms with Gasteiger partial charge in [-0.15, -0.1) is 0 Å². The molecule has 0 spiro atoms. The lowest BCUT2D eigenvalue weighted by Gasteiger charge is -2.26. The molecule has 6 heteroatoms. The Labute approximate surface area is 112 Å². The van der Waals surface area contributed by atoms with Crippen molar-refractivity contribution in [3.05, 3.63) is 17.5 Å². The summed E-state index contributed by atoms with van der Waals surface area (Å²) in [6.45, 7) is 7.23. The molecular weight excluding hydrogens is 244 g/mol. The van der Waals surface area contributed by atoms with Gasteiger partial charge in [0.15, 0.2) is 0 Å². The molecular formula is C13H20N4O2. The maximum atomic E-state index is 12.1. The molecule has 1 unspecified atom stereocenters. The smallest absolute Gasteiger partial charge is 0.242 e. The summed E-state index contributed by atoms with van der Waals surface area (Å²) >= 11 is 0. The van der Waals surface area contributed by atoms with Gasteiger partial charge in [-0.05, 0) is 26.8 Å². The number of aryl methyl sites for hydroxylation is 2. The van der Waals surface area contributed by atoms with E-state index in [1.807, 2.05) is 31.5 Å². The number of nitrogens with one attached hydrogen (secondary N) is 1. The van der Waals surface area contributed by atoms with Crippen LogP contribution in [0.4, 0.5) is 0 Å². The monoisotopic (exact) mass is 264 g/mol. The second-order valence-electron chi connectivity index (χ2n) is 4.94. The Balaban J connectivity index is 2.19. The van der Waals surface area contributed by atoms with Crippen molar-refractivity contribution in [1.82, 2.24) is 20.0 Å². The molecule has 1 fully saturated rings. The molecule has 0 aliphatic carbocycles. The van der Waals surface area contributed by atoms with Crippen LogP contribution in [0.1, 0.15) is 31.7 Å². The highest BCUT2D eigenvalue weighted by Crippen LogP contribution is 2.14. The topological polar surface area (TPSA) is 67.2 Å². The highest BCUT2D eigenvalue weighted by Gasteiger charge is 2.27. The number of carbonyl (C=O) groups excluding carboxylic acids is 2. The molecule has 1 aromatic rings. The van der Waals surface area contributed by atoms with Crippen LogP contribution in [0.2, 0.25) is 0 Å². The predicted molar refractivity (Wildman–Crippen MR) is 70.3 cm³/mol. The fraction of sp³-hybridized carbons (Fsp3) is 0.615. The number of amides is 2.